The van der Waals surface area contributed by atoms with Crippen LogP contribution >= 0.6 is 0 Å². The maximum Gasteiger partial charge on any atom is 0.309 e. The Balaban J connectivity index is 1.79. The van der Waals surface area contributed by atoms with Crippen molar-refractivity contribution >= 4 is 5.97 Å². The van der Waals surface area contributed by atoms with Crippen molar-refractivity contribution in [2.45, 2.75) is 64.6 Å². The SMILES string of the molecule is COC(=O)C1CC1(C)/C=C/C12OC1(C)CCCC2(C)C. The average Bonchev–Trinajstić information content (AvgIpc) is 3.21. The number of methoxy groups -OCH3 is 1. The van der Waals surface area contributed by atoms with E-state index < -0.39 is 0 Å². The summed E-state index contributed by atoms with van der Waals surface area (Å²) in [6, 6.07) is 0. The molecule has 0 aromatic rings. The molecule has 0 bridgehead atoms. The summed E-state index contributed by atoms with van der Waals surface area (Å²) in [6.45, 7) is 8.96. The molecule has 112 valence electrons. The lowest BCUT2D eigenvalue weighted by Crippen LogP contribution is -2.41. The van der Waals surface area contributed by atoms with Crippen molar-refractivity contribution in [1.82, 2.24) is 0 Å². The summed E-state index contributed by atoms with van der Waals surface area (Å²) in [5, 5.41) is 0. The van der Waals surface area contributed by atoms with E-state index in [0.29, 0.717) is 0 Å². The van der Waals surface area contributed by atoms with Gasteiger partial charge in [0.1, 0.15) is 5.60 Å². The Hall–Kier alpha value is -0.830. The van der Waals surface area contributed by atoms with E-state index >= 15 is 0 Å². The van der Waals surface area contributed by atoms with Crippen LogP contribution in [0.3, 0.4) is 0 Å². The topological polar surface area (TPSA) is 38.8 Å². The number of epoxide rings is 1. The third-order valence-electron chi connectivity index (χ3n) is 6.06. The molecule has 0 aromatic heterocycles. The molecule has 4 atom stereocenters. The number of ether oxygens (including phenoxy) is 2. The Morgan fingerprint density at radius 3 is 2.50 bits per heavy atom. The molecule has 1 aliphatic heterocycles. The molecule has 4 unspecified atom stereocenters. The second-order valence-electron chi connectivity index (χ2n) is 7.93. The largest absolute Gasteiger partial charge is 0.469 e. The Kier molecular flexibility index (Phi) is 2.74. The van der Waals surface area contributed by atoms with Gasteiger partial charge in [0.05, 0.1) is 18.6 Å². The van der Waals surface area contributed by atoms with Gasteiger partial charge in [-0.05, 0) is 38.0 Å². The van der Waals surface area contributed by atoms with Crippen LogP contribution in [0.15, 0.2) is 12.2 Å². The molecule has 0 amide bonds. The van der Waals surface area contributed by atoms with Crippen molar-refractivity contribution in [2.24, 2.45) is 16.7 Å². The Morgan fingerprint density at radius 1 is 1.20 bits per heavy atom. The van der Waals surface area contributed by atoms with E-state index in [2.05, 4.69) is 39.8 Å². The van der Waals surface area contributed by atoms with Gasteiger partial charge in [-0.25, -0.2) is 0 Å². The van der Waals surface area contributed by atoms with E-state index in [1.165, 1.54) is 20.0 Å². The number of carbonyl (C=O) groups is 1. The number of esters is 1. The summed E-state index contributed by atoms with van der Waals surface area (Å²) in [7, 11) is 1.47. The zero-order valence-corrected chi connectivity index (χ0v) is 13.3. The lowest BCUT2D eigenvalue weighted by Gasteiger charge is -2.36. The zero-order valence-electron chi connectivity index (χ0n) is 13.3. The van der Waals surface area contributed by atoms with Crippen molar-refractivity contribution in [2.75, 3.05) is 7.11 Å². The molecular weight excluding hydrogens is 252 g/mol. The fourth-order valence-electron chi connectivity index (χ4n) is 4.28. The molecule has 0 spiro atoms. The zero-order chi connectivity index (χ0) is 14.8. The van der Waals surface area contributed by atoms with Crippen LogP contribution in [0.2, 0.25) is 0 Å². The first-order chi connectivity index (χ1) is 9.20. The molecule has 0 radical (unpaired) electrons. The van der Waals surface area contributed by atoms with Crippen molar-refractivity contribution in [3.63, 3.8) is 0 Å². The molecule has 0 aromatic carbocycles. The quantitative estimate of drug-likeness (QED) is 0.451. The summed E-state index contributed by atoms with van der Waals surface area (Å²) < 4.78 is 11.1. The number of fused-ring (bicyclic) bond motifs is 1. The Morgan fingerprint density at radius 2 is 1.90 bits per heavy atom. The van der Waals surface area contributed by atoms with Crippen molar-refractivity contribution < 1.29 is 14.3 Å². The minimum Gasteiger partial charge on any atom is -0.469 e. The van der Waals surface area contributed by atoms with E-state index in [0.717, 1.165) is 12.8 Å². The second kappa shape index (κ2) is 3.88. The van der Waals surface area contributed by atoms with Crippen LogP contribution in [0.25, 0.3) is 0 Å². The molecule has 1 heterocycles. The second-order valence-corrected chi connectivity index (χ2v) is 7.93. The van der Waals surface area contributed by atoms with Gasteiger partial charge in [-0.15, -0.1) is 0 Å². The predicted octanol–water partition coefficient (Wildman–Crippen LogP) is 3.48. The number of allylic oxidation sites excluding steroid dienone is 1. The first-order valence-electron chi connectivity index (χ1n) is 7.68. The normalized spacial score (nSPS) is 48.8. The highest BCUT2D eigenvalue weighted by molar-refractivity contribution is 5.77. The molecule has 3 heteroatoms. The summed E-state index contributed by atoms with van der Waals surface area (Å²) >= 11 is 0. The molecule has 0 N–H and O–H groups in total. The molecule has 3 fully saturated rings. The Labute approximate surface area is 121 Å². The highest BCUT2D eigenvalue weighted by Crippen LogP contribution is 2.67. The summed E-state index contributed by atoms with van der Waals surface area (Å²) in [5.41, 5.74) is -0.00742. The van der Waals surface area contributed by atoms with Gasteiger partial charge in [0.2, 0.25) is 0 Å². The van der Waals surface area contributed by atoms with Crippen LogP contribution in [-0.4, -0.2) is 24.3 Å². The maximum absolute atomic E-state index is 11.6. The van der Waals surface area contributed by atoms with Crippen LogP contribution in [0, 0.1) is 16.7 Å². The van der Waals surface area contributed by atoms with E-state index in [-0.39, 0.29) is 33.9 Å². The molecule has 2 aliphatic carbocycles. The number of rotatable bonds is 3. The van der Waals surface area contributed by atoms with Crippen LogP contribution in [-0.2, 0) is 14.3 Å². The van der Waals surface area contributed by atoms with Crippen molar-refractivity contribution in [1.29, 1.82) is 0 Å². The van der Waals surface area contributed by atoms with Crippen LogP contribution in [0.1, 0.15) is 53.4 Å². The van der Waals surface area contributed by atoms with Crippen LogP contribution < -0.4 is 0 Å². The van der Waals surface area contributed by atoms with Gasteiger partial charge < -0.3 is 9.47 Å². The van der Waals surface area contributed by atoms with Gasteiger partial charge in [0.25, 0.3) is 0 Å². The maximum atomic E-state index is 11.6. The van der Waals surface area contributed by atoms with E-state index in [9.17, 15) is 4.79 Å². The molecule has 2 saturated carbocycles. The van der Waals surface area contributed by atoms with Crippen molar-refractivity contribution in [3.8, 4) is 0 Å². The molecule has 3 nitrogen and oxygen atoms in total. The van der Waals surface area contributed by atoms with Crippen LogP contribution in [0.4, 0.5) is 0 Å². The third-order valence-corrected chi connectivity index (χ3v) is 6.06. The Bertz CT molecular complexity index is 481. The minimum absolute atomic E-state index is 0.00272. The fourth-order valence-corrected chi connectivity index (χ4v) is 4.28. The van der Waals surface area contributed by atoms with Gasteiger partial charge in [0.15, 0.2) is 0 Å². The van der Waals surface area contributed by atoms with Gasteiger partial charge in [-0.1, -0.05) is 32.9 Å². The predicted molar refractivity (Wildman–Crippen MR) is 77.2 cm³/mol. The first kappa shape index (κ1) is 14.1. The van der Waals surface area contributed by atoms with Gasteiger partial charge in [0, 0.05) is 5.41 Å². The standard InChI is InChI=1S/C17H26O3/c1-14(2)7-6-8-16(4)17(14,20-16)10-9-15(3)11-12(15)13(18)19-5/h9-10,12H,6-8,11H2,1-5H3/b10-9+. The average molecular weight is 278 g/mol. The van der Waals surface area contributed by atoms with E-state index in [1.807, 2.05) is 0 Å². The number of hydrogen-bond donors (Lipinski definition) is 0. The molecular formula is C17H26O3. The fraction of sp³-hybridized carbons (Fsp3) is 0.824. The minimum atomic E-state index is -0.134. The van der Waals surface area contributed by atoms with Crippen molar-refractivity contribution in [3.05, 3.63) is 12.2 Å². The lowest BCUT2D eigenvalue weighted by atomic mass is 9.64. The monoisotopic (exact) mass is 278 g/mol. The van der Waals surface area contributed by atoms with Crippen LogP contribution in [0.5, 0.6) is 0 Å². The number of carbonyl (C=O) groups excluding carboxylic acids is 1. The van der Waals surface area contributed by atoms with E-state index in [4.69, 9.17) is 9.47 Å². The van der Waals surface area contributed by atoms with E-state index in [1.54, 1.807) is 0 Å². The summed E-state index contributed by atoms with van der Waals surface area (Å²) in [4.78, 5) is 11.6. The highest BCUT2D eigenvalue weighted by Gasteiger charge is 2.73. The number of hydrogen-bond acceptors (Lipinski definition) is 3. The first-order valence-corrected chi connectivity index (χ1v) is 7.68. The molecule has 20 heavy (non-hydrogen) atoms. The lowest BCUT2D eigenvalue weighted by molar-refractivity contribution is -0.142. The molecule has 3 aliphatic rings. The smallest absolute Gasteiger partial charge is 0.309 e. The van der Waals surface area contributed by atoms with Gasteiger partial charge >= 0.3 is 5.97 Å². The molecule has 1 saturated heterocycles. The highest BCUT2D eigenvalue weighted by atomic mass is 16.6. The third kappa shape index (κ3) is 1.71. The summed E-state index contributed by atoms with van der Waals surface area (Å²) in [6.07, 6.45) is 8.94. The van der Waals surface area contributed by atoms with Gasteiger partial charge in [-0.3, -0.25) is 4.79 Å². The van der Waals surface area contributed by atoms with Gasteiger partial charge in [-0.2, -0.15) is 0 Å². The summed E-state index contributed by atoms with van der Waals surface area (Å²) in [5.74, 6) is -0.0612. The molecule has 3 rings (SSSR count).